The van der Waals surface area contributed by atoms with Gasteiger partial charge in [-0.25, -0.2) is 9.37 Å². The topological polar surface area (TPSA) is 89.0 Å². The molecule has 2 aliphatic heterocycles. The van der Waals surface area contributed by atoms with Gasteiger partial charge in [-0.05, 0) is 61.6 Å². The number of halogens is 3. The maximum absolute atomic E-state index is 13.5. The van der Waals surface area contributed by atoms with Gasteiger partial charge in [0.2, 0.25) is 0 Å². The first-order valence-corrected chi connectivity index (χ1v) is 14.6. The number of benzene rings is 2. The highest BCUT2D eigenvalue weighted by Gasteiger charge is 2.41. The molecule has 13 heteroatoms. The first kappa shape index (κ1) is 26.2. The van der Waals surface area contributed by atoms with Crippen molar-refractivity contribution in [3.63, 3.8) is 0 Å². The summed E-state index contributed by atoms with van der Waals surface area (Å²) in [6.07, 6.45) is 3.55. The van der Waals surface area contributed by atoms with Crippen molar-refractivity contribution < 1.29 is 27.2 Å². The molecule has 0 radical (unpaired) electrons. The molecule has 3 heterocycles. The molecular formula is C24H22Cl2FN3O5S2. The van der Waals surface area contributed by atoms with Crippen LogP contribution in [0, 0.1) is 5.82 Å². The predicted octanol–water partition coefficient (Wildman–Crippen LogP) is 5.45. The molecule has 3 atom stereocenters. The summed E-state index contributed by atoms with van der Waals surface area (Å²) in [6.45, 7) is 0.703. The van der Waals surface area contributed by atoms with Crippen LogP contribution in [0.25, 0.3) is 0 Å². The zero-order chi connectivity index (χ0) is 26.2. The minimum absolute atomic E-state index is 0.0152. The fraction of sp³-hybridized carbons (Fsp3) is 0.333. The van der Waals surface area contributed by atoms with Gasteiger partial charge in [-0.2, -0.15) is 8.42 Å². The molecule has 2 aromatic carbocycles. The fourth-order valence-corrected chi connectivity index (χ4v) is 7.27. The van der Waals surface area contributed by atoms with Crippen molar-refractivity contribution in [1.82, 2.24) is 9.88 Å². The van der Waals surface area contributed by atoms with E-state index in [9.17, 15) is 17.6 Å². The third-order valence-electron chi connectivity index (χ3n) is 6.65. The Labute approximate surface area is 227 Å². The van der Waals surface area contributed by atoms with E-state index in [1.165, 1.54) is 35.2 Å². The number of ether oxygens (including phenoxy) is 1. The SMILES string of the molecule is O=CON(c1cscn1)S(=O)(=O)c1ccc(OC2CC3CC[C@@H](C2)N3Cc2ccc(F)c(Cl)c2)c(Cl)c1. The Morgan fingerprint density at radius 2 is 1.89 bits per heavy atom. The van der Waals surface area contributed by atoms with Crippen molar-refractivity contribution in [1.29, 1.82) is 0 Å². The monoisotopic (exact) mass is 585 g/mol. The average molecular weight is 586 g/mol. The Morgan fingerprint density at radius 3 is 2.51 bits per heavy atom. The third kappa shape index (κ3) is 5.42. The van der Waals surface area contributed by atoms with Crippen LogP contribution in [-0.4, -0.2) is 43.0 Å². The molecule has 0 N–H and O–H groups in total. The number of anilines is 1. The van der Waals surface area contributed by atoms with E-state index in [1.807, 2.05) is 0 Å². The lowest BCUT2D eigenvalue weighted by Crippen LogP contribution is -2.45. The predicted molar refractivity (Wildman–Crippen MR) is 138 cm³/mol. The standard InChI is InChI=1S/C24H22Cl2FN3O5S2/c25-20-7-15(1-5-22(20)27)11-29-16-2-3-17(29)9-18(8-16)35-23-6-4-19(10-21(23)26)37(32,33)30(34-14-31)24-12-36-13-28-24/h1,4-7,10,12-14,16-18H,2-3,8-9,11H2/t16-,17?,18?/m0/s1. The molecule has 2 saturated heterocycles. The minimum atomic E-state index is -4.26. The summed E-state index contributed by atoms with van der Waals surface area (Å²) in [7, 11) is -4.26. The second kappa shape index (κ2) is 10.7. The van der Waals surface area contributed by atoms with Crippen molar-refractivity contribution in [2.75, 3.05) is 4.47 Å². The van der Waals surface area contributed by atoms with Crippen LogP contribution in [0.4, 0.5) is 10.2 Å². The van der Waals surface area contributed by atoms with Crippen molar-refractivity contribution in [2.24, 2.45) is 0 Å². The van der Waals surface area contributed by atoms with Crippen LogP contribution in [0.1, 0.15) is 31.2 Å². The van der Waals surface area contributed by atoms with Crippen molar-refractivity contribution >= 4 is 56.9 Å². The molecule has 196 valence electrons. The number of piperidine rings is 1. The van der Waals surface area contributed by atoms with Crippen molar-refractivity contribution in [2.45, 2.75) is 55.3 Å². The summed E-state index contributed by atoms with van der Waals surface area (Å²) in [5.74, 6) is -0.0951. The quantitative estimate of drug-likeness (QED) is 0.244. The van der Waals surface area contributed by atoms with Gasteiger partial charge in [0.05, 0.1) is 20.5 Å². The summed E-state index contributed by atoms with van der Waals surface area (Å²) in [4.78, 5) is 21.8. The number of fused-ring (bicyclic) bond motifs is 2. The Morgan fingerprint density at radius 1 is 1.14 bits per heavy atom. The normalized spacial score (nSPS) is 21.5. The number of hydrogen-bond acceptors (Lipinski definition) is 8. The number of rotatable bonds is 9. The molecule has 1 aromatic heterocycles. The molecule has 3 aromatic rings. The van der Waals surface area contributed by atoms with E-state index in [0.29, 0.717) is 28.8 Å². The lowest BCUT2D eigenvalue weighted by atomic mass is 9.98. The maximum Gasteiger partial charge on any atom is 0.322 e. The largest absolute Gasteiger partial charge is 0.489 e. The number of hydrogen-bond donors (Lipinski definition) is 0. The van der Waals surface area contributed by atoms with Gasteiger partial charge < -0.3 is 9.57 Å². The van der Waals surface area contributed by atoms with E-state index in [-0.39, 0.29) is 33.3 Å². The van der Waals surface area contributed by atoms with Crippen LogP contribution in [0.15, 0.2) is 52.2 Å². The molecule has 0 saturated carbocycles. The molecule has 2 aliphatic rings. The van der Waals surface area contributed by atoms with E-state index in [2.05, 4.69) is 9.88 Å². The van der Waals surface area contributed by atoms with Crippen molar-refractivity contribution in [3.05, 3.63) is 68.7 Å². The molecule has 2 fully saturated rings. The summed E-state index contributed by atoms with van der Waals surface area (Å²) in [6, 6.07) is 9.55. The number of aromatic nitrogens is 1. The first-order chi connectivity index (χ1) is 17.8. The maximum atomic E-state index is 13.5. The fourth-order valence-electron chi connectivity index (χ4n) is 5.01. The van der Waals surface area contributed by atoms with Crippen LogP contribution < -0.4 is 9.21 Å². The molecule has 0 amide bonds. The molecule has 2 bridgehead atoms. The third-order valence-corrected chi connectivity index (χ3v) is 9.37. The smallest absolute Gasteiger partial charge is 0.322 e. The average Bonchev–Trinajstić information content (AvgIpc) is 3.47. The summed E-state index contributed by atoms with van der Waals surface area (Å²) in [5, 5.41) is 1.68. The first-order valence-electron chi connectivity index (χ1n) is 11.5. The van der Waals surface area contributed by atoms with Gasteiger partial charge in [0, 0.05) is 24.0 Å². The van der Waals surface area contributed by atoms with Gasteiger partial charge in [0.1, 0.15) is 17.7 Å². The lowest BCUT2D eigenvalue weighted by molar-refractivity contribution is -0.128. The Hall–Kier alpha value is -2.44. The van der Waals surface area contributed by atoms with E-state index >= 15 is 0 Å². The van der Waals surface area contributed by atoms with Gasteiger partial charge in [-0.1, -0.05) is 33.7 Å². The number of thiazole rings is 1. The molecule has 37 heavy (non-hydrogen) atoms. The molecular weight excluding hydrogens is 564 g/mol. The molecule has 8 nitrogen and oxygen atoms in total. The van der Waals surface area contributed by atoms with Crippen LogP contribution in [-0.2, 0) is 26.2 Å². The number of sulfonamides is 1. The highest BCUT2D eigenvalue weighted by atomic mass is 35.5. The van der Waals surface area contributed by atoms with Gasteiger partial charge in [0.15, 0.2) is 5.82 Å². The molecule has 2 unspecified atom stereocenters. The van der Waals surface area contributed by atoms with E-state index in [4.69, 9.17) is 32.8 Å². The highest BCUT2D eigenvalue weighted by Crippen LogP contribution is 2.40. The van der Waals surface area contributed by atoms with Gasteiger partial charge >= 0.3 is 6.47 Å². The summed E-state index contributed by atoms with van der Waals surface area (Å²) < 4.78 is 46.3. The highest BCUT2D eigenvalue weighted by molar-refractivity contribution is 7.92. The summed E-state index contributed by atoms with van der Waals surface area (Å²) in [5.41, 5.74) is 2.39. The van der Waals surface area contributed by atoms with Gasteiger partial charge in [-0.15, -0.1) is 11.3 Å². The second-order valence-electron chi connectivity index (χ2n) is 8.89. The van der Waals surface area contributed by atoms with Crippen LogP contribution in [0.5, 0.6) is 5.75 Å². The molecule has 5 rings (SSSR count). The summed E-state index contributed by atoms with van der Waals surface area (Å²) >= 11 is 13.5. The number of carbonyl (C=O) groups excluding carboxylic acids is 1. The zero-order valence-electron chi connectivity index (χ0n) is 19.3. The number of nitrogens with zero attached hydrogens (tertiary/aromatic N) is 3. The van der Waals surface area contributed by atoms with Crippen LogP contribution in [0.2, 0.25) is 10.0 Å². The Balaban J connectivity index is 1.27. The van der Waals surface area contributed by atoms with Crippen LogP contribution >= 0.6 is 34.5 Å². The van der Waals surface area contributed by atoms with Gasteiger partial charge in [-0.3, -0.25) is 9.69 Å². The molecule has 0 aliphatic carbocycles. The lowest BCUT2D eigenvalue weighted by Gasteiger charge is -2.39. The second-order valence-corrected chi connectivity index (χ2v) is 12.2. The Kier molecular flexibility index (Phi) is 7.60. The van der Waals surface area contributed by atoms with Crippen LogP contribution in [0.3, 0.4) is 0 Å². The Bertz CT molecular complexity index is 1380. The molecule has 0 spiro atoms. The minimum Gasteiger partial charge on any atom is -0.489 e. The van der Waals surface area contributed by atoms with E-state index < -0.39 is 15.8 Å². The van der Waals surface area contributed by atoms with Crippen molar-refractivity contribution in [3.8, 4) is 5.75 Å². The number of carbonyl (C=O) groups is 1. The zero-order valence-corrected chi connectivity index (χ0v) is 22.4. The van der Waals surface area contributed by atoms with E-state index in [1.54, 1.807) is 12.1 Å². The van der Waals surface area contributed by atoms with Gasteiger partial charge in [0.25, 0.3) is 10.0 Å². The van der Waals surface area contributed by atoms with E-state index in [0.717, 1.165) is 42.6 Å².